The number of rotatable bonds is 5. The van der Waals surface area contributed by atoms with Crippen molar-refractivity contribution in [3.63, 3.8) is 0 Å². The second kappa shape index (κ2) is 8.10. The maximum absolute atomic E-state index is 12.2. The largest absolute Gasteiger partial charge is 0.496 e. The summed E-state index contributed by atoms with van der Waals surface area (Å²) in [6.45, 7) is 0.148. The van der Waals surface area contributed by atoms with Crippen molar-refractivity contribution in [3.05, 3.63) is 59.4 Å². The van der Waals surface area contributed by atoms with Crippen molar-refractivity contribution in [2.45, 2.75) is 6.61 Å². The minimum atomic E-state index is -0.551. The first-order valence-electron chi connectivity index (χ1n) is 8.68. The van der Waals surface area contributed by atoms with Crippen molar-refractivity contribution in [2.24, 2.45) is 7.05 Å². The van der Waals surface area contributed by atoms with E-state index in [2.05, 4.69) is 14.7 Å². The van der Waals surface area contributed by atoms with Crippen LogP contribution in [-0.2, 0) is 18.4 Å². The number of imidazole rings is 1. The molecule has 29 heavy (non-hydrogen) atoms. The molecule has 0 spiro atoms. The van der Waals surface area contributed by atoms with Crippen LogP contribution in [0.3, 0.4) is 0 Å². The molecule has 9 heteroatoms. The number of nitrogens with zero attached hydrogens (tertiary/aromatic N) is 3. The van der Waals surface area contributed by atoms with E-state index in [1.54, 1.807) is 31.6 Å². The Labute approximate surface area is 176 Å². The summed E-state index contributed by atoms with van der Waals surface area (Å²) in [6, 6.07) is 12.8. The fourth-order valence-electron chi connectivity index (χ4n) is 2.89. The second-order valence-corrected chi connectivity index (χ2v) is 7.54. The number of anilines is 1. The Balaban J connectivity index is 1.40. The first kappa shape index (κ1) is 19.2. The van der Waals surface area contributed by atoms with Crippen molar-refractivity contribution in [1.82, 2.24) is 13.9 Å². The van der Waals surface area contributed by atoms with Crippen molar-refractivity contribution in [3.8, 4) is 17.0 Å². The summed E-state index contributed by atoms with van der Waals surface area (Å²) in [5.41, 5.74) is 4.21. The van der Waals surface area contributed by atoms with Gasteiger partial charge in [-0.05, 0) is 47.4 Å². The smallest absolute Gasteiger partial charge is 0.412 e. The Morgan fingerprint density at radius 1 is 1.24 bits per heavy atom. The van der Waals surface area contributed by atoms with Crippen LogP contribution in [0.25, 0.3) is 22.3 Å². The van der Waals surface area contributed by atoms with Gasteiger partial charge in [0.2, 0.25) is 0 Å². The molecule has 2 heterocycles. The molecule has 0 bridgehead atoms. The number of methoxy groups -OCH3 is 1. The van der Waals surface area contributed by atoms with Crippen LogP contribution in [0, 0.1) is 0 Å². The molecule has 0 saturated carbocycles. The van der Waals surface area contributed by atoms with Gasteiger partial charge >= 0.3 is 6.09 Å². The van der Waals surface area contributed by atoms with E-state index in [4.69, 9.17) is 21.1 Å². The highest BCUT2D eigenvalue weighted by atomic mass is 35.5. The maximum Gasteiger partial charge on any atom is 0.412 e. The molecule has 7 nitrogen and oxygen atoms in total. The molecule has 4 aromatic rings. The lowest BCUT2D eigenvalue weighted by Gasteiger charge is -2.06. The number of halogens is 1. The third kappa shape index (κ3) is 4.18. The first-order chi connectivity index (χ1) is 14.0. The maximum atomic E-state index is 12.2. The van der Waals surface area contributed by atoms with E-state index >= 15 is 0 Å². The number of hydrogen-bond donors (Lipinski definition) is 1. The zero-order chi connectivity index (χ0) is 20.4. The minimum absolute atomic E-state index is 0.148. The molecule has 2 aromatic carbocycles. The van der Waals surface area contributed by atoms with Crippen LogP contribution in [0.5, 0.6) is 5.75 Å². The van der Waals surface area contributed by atoms with E-state index in [9.17, 15) is 4.79 Å². The Kier molecular flexibility index (Phi) is 5.37. The Hall–Kier alpha value is -3.10. The van der Waals surface area contributed by atoms with Crippen molar-refractivity contribution < 1.29 is 14.3 Å². The summed E-state index contributed by atoms with van der Waals surface area (Å²) in [6.07, 6.45) is 1.20. The number of carbonyl (C=O) groups is 1. The Morgan fingerprint density at radius 2 is 2.10 bits per heavy atom. The molecule has 1 amide bonds. The van der Waals surface area contributed by atoms with Gasteiger partial charge in [0.1, 0.15) is 17.4 Å². The normalized spacial score (nSPS) is 10.9. The highest BCUT2D eigenvalue weighted by Crippen LogP contribution is 2.34. The Morgan fingerprint density at radius 3 is 2.93 bits per heavy atom. The summed E-state index contributed by atoms with van der Waals surface area (Å²) in [7, 11) is 3.50. The summed E-state index contributed by atoms with van der Waals surface area (Å²) in [5, 5.41) is 3.85. The molecule has 1 N–H and O–H groups in total. The Bertz CT molecular complexity index is 1190. The zero-order valence-corrected chi connectivity index (χ0v) is 17.3. The summed E-state index contributed by atoms with van der Waals surface area (Å²) < 4.78 is 17.0. The van der Waals surface area contributed by atoms with Crippen molar-refractivity contribution in [2.75, 3.05) is 12.4 Å². The number of ether oxygens (including phenoxy) is 2. The molecular weight excluding hydrogens is 412 g/mol. The molecule has 0 aliphatic heterocycles. The highest BCUT2D eigenvalue weighted by Gasteiger charge is 2.13. The molecule has 2 aromatic heterocycles. The quantitative estimate of drug-likeness (QED) is 0.478. The molecule has 0 aliphatic rings. The van der Waals surface area contributed by atoms with E-state index in [-0.39, 0.29) is 6.61 Å². The van der Waals surface area contributed by atoms with Crippen LogP contribution in [-0.4, -0.2) is 27.1 Å². The second-order valence-electron chi connectivity index (χ2n) is 6.30. The zero-order valence-electron chi connectivity index (χ0n) is 15.7. The number of nitrogens with one attached hydrogen (secondary N) is 1. The number of amides is 1. The summed E-state index contributed by atoms with van der Waals surface area (Å²) in [4.78, 5) is 16.5. The molecule has 0 unspecified atom stereocenters. The first-order valence-corrected chi connectivity index (χ1v) is 9.83. The van der Waals surface area contributed by atoms with Crippen LogP contribution in [0.4, 0.5) is 9.80 Å². The monoisotopic (exact) mass is 428 g/mol. The van der Waals surface area contributed by atoms with Gasteiger partial charge in [0.05, 0.1) is 30.2 Å². The van der Waals surface area contributed by atoms with Crippen molar-refractivity contribution in [1.29, 1.82) is 0 Å². The van der Waals surface area contributed by atoms with Gasteiger partial charge in [0.15, 0.2) is 0 Å². The third-order valence-corrected chi connectivity index (χ3v) is 5.27. The van der Waals surface area contributed by atoms with Gasteiger partial charge in [-0.2, -0.15) is 4.37 Å². The van der Waals surface area contributed by atoms with Gasteiger partial charge in [-0.1, -0.05) is 17.7 Å². The standard InChI is InChI=1S/C20H17ClN4O3S/c1-25-11-22-16-7-12(3-6-17(16)25)10-28-20(26)23-19-9-15(24-29-19)14-5-4-13(21)8-18(14)27-2/h3-9,11H,10H2,1-2H3,(H,23,26). The van der Waals surface area contributed by atoms with Crippen LogP contribution in [0.1, 0.15) is 5.56 Å². The number of aromatic nitrogens is 3. The average Bonchev–Trinajstić information content (AvgIpc) is 3.33. The number of carbonyl (C=O) groups excluding carboxylic acids is 1. The lowest BCUT2D eigenvalue weighted by atomic mass is 10.1. The fraction of sp³-hybridized carbons (Fsp3) is 0.150. The van der Waals surface area contributed by atoms with E-state index < -0.39 is 6.09 Å². The van der Waals surface area contributed by atoms with E-state index in [0.29, 0.717) is 21.5 Å². The molecule has 0 fully saturated rings. The minimum Gasteiger partial charge on any atom is -0.496 e. The predicted molar refractivity (Wildman–Crippen MR) is 114 cm³/mol. The number of fused-ring (bicyclic) bond motifs is 1. The molecule has 0 atom stereocenters. The molecule has 0 saturated heterocycles. The average molecular weight is 429 g/mol. The van der Waals surface area contributed by atoms with Gasteiger partial charge in [0.25, 0.3) is 0 Å². The molecule has 0 aliphatic carbocycles. The topological polar surface area (TPSA) is 78.3 Å². The van der Waals surface area contributed by atoms with Crippen molar-refractivity contribution >= 4 is 45.3 Å². The number of aryl methyl sites for hydroxylation is 1. The summed E-state index contributed by atoms with van der Waals surface area (Å²) >= 11 is 7.16. The predicted octanol–water partition coefficient (Wildman–Crippen LogP) is 5.11. The van der Waals surface area contributed by atoms with E-state index in [1.165, 1.54) is 0 Å². The van der Waals surface area contributed by atoms with Crippen LogP contribution < -0.4 is 10.1 Å². The lowest BCUT2D eigenvalue weighted by molar-refractivity contribution is 0.155. The van der Waals surface area contributed by atoms with Gasteiger partial charge in [-0.3, -0.25) is 5.32 Å². The van der Waals surface area contributed by atoms with E-state index in [1.807, 2.05) is 35.9 Å². The molecule has 0 radical (unpaired) electrons. The van der Waals surface area contributed by atoms with Gasteiger partial charge < -0.3 is 14.0 Å². The number of hydrogen-bond acceptors (Lipinski definition) is 6. The van der Waals surface area contributed by atoms with Crippen LogP contribution >= 0.6 is 23.1 Å². The molecule has 148 valence electrons. The van der Waals surface area contributed by atoms with Gasteiger partial charge in [0, 0.05) is 23.7 Å². The van der Waals surface area contributed by atoms with Crippen LogP contribution in [0.15, 0.2) is 48.8 Å². The van der Waals surface area contributed by atoms with E-state index in [0.717, 1.165) is 33.7 Å². The molecule has 4 rings (SSSR count). The summed E-state index contributed by atoms with van der Waals surface area (Å²) in [5.74, 6) is 0.613. The van der Waals surface area contributed by atoms with Gasteiger partial charge in [-0.25, -0.2) is 9.78 Å². The SMILES string of the molecule is COc1cc(Cl)ccc1-c1cc(NC(=O)OCc2ccc3c(c2)ncn3C)sn1. The fourth-order valence-corrected chi connectivity index (χ4v) is 3.70. The van der Waals surface area contributed by atoms with Crippen LogP contribution in [0.2, 0.25) is 5.02 Å². The number of benzene rings is 2. The lowest BCUT2D eigenvalue weighted by Crippen LogP contribution is -2.12. The third-order valence-electron chi connectivity index (χ3n) is 4.33. The van der Waals surface area contributed by atoms with Gasteiger partial charge in [-0.15, -0.1) is 0 Å². The highest BCUT2D eigenvalue weighted by molar-refractivity contribution is 7.10. The molecular formula is C20H17ClN4O3S.